The summed E-state index contributed by atoms with van der Waals surface area (Å²) in [4.78, 5) is 11.2. The van der Waals surface area contributed by atoms with Crippen LogP contribution in [0.4, 0.5) is 0 Å². The minimum atomic E-state index is -0.629. The molecule has 4 nitrogen and oxygen atoms in total. The van der Waals surface area contributed by atoms with Gasteiger partial charge in [0.2, 0.25) is 5.91 Å². The van der Waals surface area contributed by atoms with E-state index in [9.17, 15) is 4.79 Å². The van der Waals surface area contributed by atoms with Crippen molar-refractivity contribution >= 4 is 5.91 Å². The molecule has 0 aromatic heterocycles. The summed E-state index contributed by atoms with van der Waals surface area (Å²) in [6, 6.07) is -0.629. The summed E-state index contributed by atoms with van der Waals surface area (Å²) < 4.78 is 5.19. The molecule has 0 saturated carbocycles. The lowest BCUT2D eigenvalue weighted by Crippen LogP contribution is -2.41. The molecule has 0 aromatic rings. The molecule has 1 unspecified atom stereocenters. The van der Waals surface area contributed by atoms with E-state index in [0.29, 0.717) is 19.8 Å². The molecule has 0 aliphatic heterocycles. The lowest BCUT2D eigenvalue weighted by atomic mass is 10.2. The molecule has 84 valence electrons. The maximum absolute atomic E-state index is 11.2. The highest BCUT2D eigenvalue weighted by atomic mass is 16.5. The van der Waals surface area contributed by atoms with Crippen molar-refractivity contribution in [3.8, 4) is 12.3 Å². The van der Waals surface area contributed by atoms with Crippen LogP contribution in [0.1, 0.15) is 13.3 Å². The van der Waals surface area contributed by atoms with Crippen LogP contribution in [0.2, 0.25) is 0 Å². The number of rotatable bonds is 7. The van der Waals surface area contributed by atoms with Crippen LogP contribution in [-0.2, 0) is 9.53 Å². The Hall–Kier alpha value is -1.31. The standard InChI is InChI=1S/C11H18N2O2/c1-4-5-10(12)11(14)13-6-7-15-8-9(2)3/h1,10H,2,5-8,12H2,3H3,(H,13,14). The summed E-state index contributed by atoms with van der Waals surface area (Å²) in [5, 5.41) is 2.63. The van der Waals surface area contributed by atoms with E-state index in [1.807, 2.05) is 6.92 Å². The molecular formula is C11H18N2O2. The molecule has 0 spiro atoms. The molecule has 0 fully saturated rings. The fraction of sp³-hybridized carbons (Fsp3) is 0.545. The van der Waals surface area contributed by atoms with Gasteiger partial charge in [-0.15, -0.1) is 12.3 Å². The number of nitrogens with one attached hydrogen (secondary N) is 1. The molecule has 3 N–H and O–H groups in total. The molecule has 0 aliphatic rings. The Morgan fingerprint density at radius 1 is 1.73 bits per heavy atom. The van der Waals surface area contributed by atoms with Gasteiger partial charge in [0.1, 0.15) is 0 Å². The second-order valence-corrected chi connectivity index (χ2v) is 3.32. The molecule has 0 heterocycles. The maximum Gasteiger partial charge on any atom is 0.237 e. The number of amides is 1. The quantitative estimate of drug-likeness (QED) is 0.354. The average Bonchev–Trinajstić information content (AvgIpc) is 2.16. The van der Waals surface area contributed by atoms with Gasteiger partial charge in [-0.05, 0) is 6.92 Å². The van der Waals surface area contributed by atoms with E-state index in [4.69, 9.17) is 16.9 Å². The summed E-state index contributed by atoms with van der Waals surface area (Å²) in [5.41, 5.74) is 6.43. The first kappa shape index (κ1) is 13.7. The summed E-state index contributed by atoms with van der Waals surface area (Å²) in [5.74, 6) is 2.09. The topological polar surface area (TPSA) is 64.4 Å². The zero-order valence-electron chi connectivity index (χ0n) is 9.08. The van der Waals surface area contributed by atoms with Crippen molar-refractivity contribution in [1.82, 2.24) is 5.32 Å². The Labute approximate surface area is 90.9 Å². The minimum absolute atomic E-state index is 0.244. The van der Waals surface area contributed by atoms with Crippen LogP contribution in [0.15, 0.2) is 12.2 Å². The summed E-state index contributed by atoms with van der Waals surface area (Å²) >= 11 is 0. The van der Waals surface area contributed by atoms with E-state index in [1.54, 1.807) is 0 Å². The van der Waals surface area contributed by atoms with Crippen LogP contribution in [-0.4, -0.2) is 31.7 Å². The summed E-state index contributed by atoms with van der Waals surface area (Å²) in [6.45, 7) is 6.95. The zero-order chi connectivity index (χ0) is 11.7. The fourth-order valence-corrected chi connectivity index (χ4v) is 0.844. The van der Waals surface area contributed by atoms with Gasteiger partial charge in [0, 0.05) is 13.0 Å². The maximum atomic E-state index is 11.2. The van der Waals surface area contributed by atoms with E-state index in [0.717, 1.165) is 5.57 Å². The molecule has 4 heteroatoms. The Morgan fingerprint density at radius 3 is 2.93 bits per heavy atom. The molecule has 15 heavy (non-hydrogen) atoms. The molecule has 0 radical (unpaired) electrons. The normalized spacial score (nSPS) is 11.5. The average molecular weight is 210 g/mol. The van der Waals surface area contributed by atoms with Gasteiger partial charge >= 0.3 is 0 Å². The van der Waals surface area contributed by atoms with Gasteiger partial charge < -0.3 is 15.8 Å². The fourth-order valence-electron chi connectivity index (χ4n) is 0.844. The highest BCUT2D eigenvalue weighted by molar-refractivity contribution is 5.81. The first-order valence-electron chi connectivity index (χ1n) is 4.76. The third-order valence-electron chi connectivity index (χ3n) is 1.57. The third-order valence-corrected chi connectivity index (χ3v) is 1.57. The number of carbonyl (C=O) groups is 1. The monoisotopic (exact) mass is 210 g/mol. The Kier molecular flexibility index (Phi) is 7.33. The van der Waals surface area contributed by atoms with Crippen molar-refractivity contribution in [2.75, 3.05) is 19.8 Å². The van der Waals surface area contributed by atoms with Crippen LogP contribution >= 0.6 is 0 Å². The van der Waals surface area contributed by atoms with Gasteiger partial charge in [0.25, 0.3) is 0 Å². The molecule has 0 aromatic carbocycles. The molecule has 0 saturated heterocycles. The van der Waals surface area contributed by atoms with Gasteiger partial charge in [-0.2, -0.15) is 0 Å². The minimum Gasteiger partial charge on any atom is -0.375 e. The van der Waals surface area contributed by atoms with Crippen LogP contribution in [0.25, 0.3) is 0 Å². The van der Waals surface area contributed by atoms with E-state index >= 15 is 0 Å². The number of ether oxygens (including phenoxy) is 1. The molecule has 0 rings (SSSR count). The predicted molar refractivity (Wildman–Crippen MR) is 60.1 cm³/mol. The SMILES string of the molecule is C#CCC(N)C(=O)NCCOCC(=C)C. The van der Waals surface area contributed by atoms with Crippen molar-refractivity contribution in [1.29, 1.82) is 0 Å². The van der Waals surface area contributed by atoms with Crippen molar-refractivity contribution in [3.63, 3.8) is 0 Å². The molecule has 0 bridgehead atoms. The van der Waals surface area contributed by atoms with Crippen LogP contribution in [0.5, 0.6) is 0 Å². The first-order valence-corrected chi connectivity index (χ1v) is 4.76. The van der Waals surface area contributed by atoms with Gasteiger partial charge in [-0.3, -0.25) is 4.79 Å². The van der Waals surface area contributed by atoms with Crippen LogP contribution < -0.4 is 11.1 Å². The Balaban J connectivity index is 3.47. The lowest BCUT2D eigenvalue weighted by molar-refractivity contribution is -0.122. The van der Waals surface area contributed by atoms with Gasteiger partial charge in [-0.25, -0.2) is 0 Å². The number of hydrogen-bond acceptors (Lipinski definition) is 3. The van der Waals surface area contributed by atoms with E-state index < -0.39 is 6.04 Å². The van der Waals surface area contributed by atoms with Crippen molar-refractivity contribution in [2.24, 2.45) is 5.73 Å². The number of carbonyl (C=O) groups excluding carboxylic acids is 1. The van der Waals surface area contributed by atoms with Crippen LogP contribution in [0.3, 0.4) is 0 Å². The van der Waals surface area contributed by atoms with Crippen molar-refractivity contribution in [3.05, 3.63) is 12.2 Å². The molecule has 0 aliphatic carbocycles. The third kappa shape index (κ3) is 7.74. The Morgan fingerprint density at radius 2 is 2.40 bits per heavy atom. The number of hydrogen-bond donors (Lipinski definition) is 2. The van der Waals surface area contributed by atoms with Gasteiger partial charge in [0.05, 0.1) is 19.3 Å². The van der Waals surface area contributed by atoms with Crippen LogP contribution in [0, 0.1) is 12.3 Å². The zero-order valence-corrected chi connectivity index (χ0v) is 9.08. The summed E-state index contributed by atoms with van der Waals surface area (Å²) in [6.07, 6.45) is 5.28. The van der Waals surface area contributed by atoms with Crippen molar-refractivity contribution < 1.29 is 9.53 Å². The number of terminal acetylenes is 1. The van der Waals surface area contributed by atoms with Gasteiger partial charge in [0.15, 0.2) is 0 Å². The van der Waals surface area contributed by atoms with Crippen molar-refractivity contribution in [2.45, 2.75) is 19.4 Å². The van der Waals surface area contributed by atoms with Gasteiger partial charge in [-0.1, -0.05) is 12.2 Å². The number of nitrogens with two attached hydrogens (primary N) is 1. The smallest absolute Gasteiger partial charge is 0.237 e. The highest BCUT2D eigenvalue weighted by Crippen LogP contribution is 1.88. The summed E-state index contributed by atoms with van der Waals surface area (Å²) in [7, 11) is 0. The lowest BCUT2D eigenvalue weighted by Gasteiger charge is -2.09. The second kappa shape index (κ2) is 8.04. The molecule has 1 amide bonds. The van der Waals surface area contributed by atoms with E-state index in [-0.39, 0.29) is 12.3 Å². The first-order chi connectivity index (χ1) is 7.07. The van der Waals surface area contributed by atoms with E-state index in [1.165, 1.54) is 0 Å². The second-order valence-electron chi connectivity index (χ2n) is 3.32. The Bertz CT molecular complexity index is 256. The largest absolute Gasteiger partial charge is 0.375 e. The molecule has 1 atom stereocenters. The molecular weight excluding hydrogens is 192 g/mol. The predicted octanol–water partition coefficient (Wildman–Crippen LogP) is 0.0459. The van der Waals surface area contributed by atoms with E-state index in [2.05, 4.69) is 17.8 Å². The highest BCUT2D eigenvalue weighted by Gasteiger charge is 2.10.